The molecule has 8 heteroatoms. The normalized spacial score (nSPS) is 28.0. The minimum absolute atomic E-state index is 0.248. The van der Waals surface area contributed by atoms with Gasteiger partial charge in [-0.2, -0.15) is 5.26 Å². The van der Waals surface area contributed by atoms with E-state index in [-0.39, 0.29) is 17.2 Å². The molecule has 1 aromatic heterocycles. The smallest absolute Gasteiger partial charge is 0.228 e. The summed E-state index contributed by atoms with van der Waals surface area (Å²) < 4.78 is 12.3. The van der Waals surface area contributed by atoms with Crippen molar-refractivity contribution in [3.63, 3.8) is 0 Å². The molecule has 0 radical (unpaired) electrons. The van der Waals surface area contributed by atoms with Gasteiger partial charge in [-0.25, -0.2) is 0 Å². The second kappa shape index (κ2) is 8.33. The van der Waals surface area contributed by atoms with Crippen LogP contribution in [0.4, 0.5) is 0 Å². The molecule has 1 saturated carbocycles. The Morgan fingerprint density at radius 2 is 1.83 bits per heavy atom. The highest BCUT2D eigenvalue weighted by molar-refractivity contribution is 5.83. The van der Waals surface area contributed by atoms with E-state index < -0.39 is 29.1 Å². The summed E-state index contributed by atoms with van der Waals surface area (Å²) in [6.45, 7) is 1.75. The molecule has 1 fully saturated rings. The van der Waals surface area contributed by atoms with E-state index in [1.54, 1.807) is 45.3 Å². The number of amides is 1. The van der Waals surface area contributed by atoms with Gasteiger partial charge in [0.25, 0.3) is 0 Å². The van der Waals surface area contributed by atoms with Gasteiger partial charge in [0.05, 0.1) is 42.1 Å². The van der Waals surface area contributed by atoms with Gasteiger partial charge in [0.15, 0.2) is 17.0 Å². The molecule has 0 unspecified atom stereocenters. The number of carbonyl (C=O) groups is 1. The highest BCUT2D eigenvalue weighted by atomic mass is 16.5. The maximum Gasteiger partial charge on any atom is 0.228 e. The molecule has 1 aliphatic heterocycles. The Hall–Kier alpha value is -3.93. The van der Waals surface area contributed by atoms with Gasteiger partial charge in [0.1, 0.15) is 11.9 Å². The second-order valence-electron chi connectivity index (χ2n) is 9.50. The zero-order valence-corrected chi connectivity index (χ0v) is 20.5. The number of aliphatic hydroxyl groups excluding tert-OH is 1. The first-order chi connectivity index (χ1) is 17.2. The molecule has 5 atom stereocenters. The molecule has 0 bridgehead atoms. The van der Waals surface area contributed by atoms with Crippen molar-refractivity contribution in [1.29, 1.82) is 5.26 Å². The Morgan fingerprint density at radius 1 is 1.17 bits per heavy atom. The Kier molecular flexibility index (Phi) is 5.51. The van der Waals surface area contributed by atoms with Crippen LogP contribution in [-0.4, -0.2) is 53.3 Å². The van der Waals surface area contributed by atoms with E-state index in [1.807, 2.05) is 30.3 Å². The van der Waals surface area contributed by atoms with Crippen molar-refractivity contribution in [3.05, 3.63) is 88.7 Å². The molecule has 36 heavy (non-hydrogen) atoms. The minimum atomic E-state index is -2.08. The third kappa shape index (κ3) is 2.93. The average molecular weight is 486 g/mol. The van der Waals surface area contributed by atoms with Crippen LogP contribution in [0.15, 0.2) is 60.8 Å². The van der Waals surface area contributed by atoms with Crippen LogP contribution in [0.1, 0.15) is 33.9 Å². The topological polar surface area (TPSA) is 116 Å². The van der Waals surface area contributed by atoms with Crippen LogP contribution in [0.25, 0.3) is 0 Å². The van der Waals surface area contributed by atoms with Crippen LogP contribution in [-0.2, 0) is 16.0 Å². The summed E-state index contributed by atoms with van der Waals surface area (Å²) in [6, 6.07) is 18.1. The van der Waals surface area contributed by atoms with E-state index in [0.29, 0.717) is 22.6 Å². The predicted octanol–water partition coefficient (Wildman–Crippen LogP) is 2.61. The SMILES string of the molecule is COc1cnc(C)c2c1[C@]1(O)[C@H](O)[C@H](C(=O)N(C)C)[C@@H](c3ccccc3)[C@]1(c1ccc(C#N)cc1)O2. The Morgan fingerprint density at radius 3 is 2.42 bits per heavy atom. The number of carbonyl (C=O) groups excluding carboxylic acids is 1. The summed E-state index contributed by atoms with van der Waals surface area (Å²) in [5.74, 6) is -1.64. The first-order valence-corrected chi connectivity index (χ1v) is 11.6. The molecule has 1 aliphatic carbocycles. The summed E-state index contributed by atoms with van der Waals surface area (Å²) in [4.78, 5) is 19.4. The monoisotopic (exact) mass is 485 g/mol. The minimum Gasteiger partial charge on any atom is -0.495 e. The fourth-order valence-corrected chi connectivity index (χ4v) is 5.93. The van der Waals surface area contributed by atoms with Crippen LogP contribution in [0, 0.1) is 24.2 Å². The molecule has 8 nitrogen and oxygen atoms in total. The van der Waals surface area contributed by atoms with E-state index in [1.165, 1.54) is 18.2 Å². The second-order valence-corrected chi connectivity index (χ2v) is 9.50. The van der Waals surface area contributed by atoms with Gasteiger partial charge >= 0.3 is 0 Å². The van der Waals surface area contributed by atoms with E-state index in [0.717, 1.165) is 5.56 Å². The van der Waals surface area contributed by atoms with Crippen LogP contribution < -0.4 is 9.47 Å². The maximum absolute atomic E-state index is 13.6. The van der Waals surface area contributed by atoms with Crippen LogP contribution in [0.2, 0.25) is 0 Å². The van der Waals surface area contributed by atoms with Crippen molar-refractivity contribution in [1.82, 2.24) is 9.88 Å². The predicted molar refractivity (Wildman–Crippen MR) is 130 cm³/mol. The van der Waals surface area contributed by atoms with E-state index in [2.05, 4.69) is 11.1 Å². The Balaban J connectivity index is 1.91. The summed E-state index contributed by atoms with van der Waals surface area (Å²) in [6.07, 6.45) is -0.0689. The molecule has 3 aromatic rings. The fraction of sp³-hybridized carbons (Fsp3) is 0.321. The number of hydrogen-bond donors (Lipinski definition) is 2. The van der Waals surface area contributed by atoms with Crippen molar-refractivity contribution in [2.45, 2.75) is 30.1 Å². The summed E-state index contributed by atoms with van der Waals surface area (Å²) in [5, 5.41) is 34.1. The van der Waals surface area contributed by atoms with Crippen molar-refractivity contribution in [2.75, 3.05) is 21.2 Å². The lowest BCUT2D eigenvalue weighted by molar-refractivity contribution is -0.156. The lowest BCUT2D eigenvalue weighted by Crippen LogP contribution is -2.52. The largest absolute Gasteiger partial charge is 0.495 e. The highest BCUT2D eigenvalue weighted by Crippen LogP contribution is 2.70. The zero-order valence-electron chi connectivity index (χ0n) is 20.5. The van der Waals surface area contributed by atoms with Crippen LogP contribution in [0.5, 0.6) is 11.5 Å². The average Bonchev–Trinajstić information content (AvgIpc) is 3.28. The van der Waals surface area contributed by atoms with Crippen molar-refractivity contribution in [3.8, 4) is 17.6 Å². The van der Waals surface area contributed by atoms with Crippen molar-refractivity contribution in [2.24, 2.45) is 5.92 Å². The molecule has 2 aliphatic rings. The first kappa shape index (κ1) is 23.8. The van der Waals surface area contributed by atoms with Crippen molar-refractivity contribution >= 4 is 5.91 Å². The molecule has 2 heterocycles. The van der Waals surface area contributed by atoms with Gasteiger partial charge in [-0.1, -0.05) is 42.5 Å². The first-order valence-electron chi connectivity index (χ1n) is 11.6. The van der Waals surface area contributed by atoms with Crippen molar-refractivity contribution < 1.29 is 24.5 Å². The number of aliphatic hydroxyl groups is 2. The van der Waals surface area contributed by atoms with Gasteiger partial charge in [-0.15, -0.1) is 0 Å². The third-order valence-electron chi connectivity index (χ3n) is 7.50. The lowest BCUT2D eigenvalue weighted by atomic mass is 9.70. The van der Waals surface area contributed by atoms with Gasteiger partial charge in [-0.3, -0.25) is 9.78 Å². The standard InChI is InChI=1S/C28H27N3O5/c1-16-24-23(20(35-4)15-30-16)27(34)25(32)21(26(33)31(2)3)22(18-8-6-5-7-9-18)28(27,36-24)19-12-10-17(14-29)11-13-19/h5-13,15,21-22,25,32,34H,1-4H3/t21-,22-,25-,27+,28+/m1/s1. The molecular weight excluding hydrogens is 458 g/mol. The number of benzene rings is 2. The van der Waals surface area contributed by atoms with E-state index in [4.69, 9.17) is 9.47 Å². The number of nitrogens with zero attached hydrogens (tertiary/aromatic N) is 3. The molecular formula is C28H27N3O5. The third-order valence-corrected chi connectivity index (χ3v) is 7.50. The number of aryl methyl sites for hydroxylation is 1. The molecule has 5 rings (SSSR count). The summed E-state index contributed by atoms with van der Waals surface area (Å²) in [7, 11) is 4.69. The number of aromatic nitrogens is 1. The molecule has 0 saturated heterocycles. The molecule has 0 spiro atoms. The maximum atomic E-state index is 13.6. The highest BCUT2D eigenvalue weighted by Gasteiger charge is 2.78. The number of fused-ring (bicyclic) bond motifs is 3. The van der Waals surface area contributed by atoms with E-state index in [9.17, 15) is 20.3 Å². The van der Waals surface area contributed by atoms with Crippen LogP contribution in [0.3, 0.4) is 0 Å². The number of rotatable bonds is 4. The Labute approximate surface area is 209 Å². The van der Waals surface area contributed by atoms with Crippen LogP contribution >= 0.6 is 0 Å². The number of pyridine rings is 1. The Bertz CT molecular complexity index is 1370. The summed E-state index contributed by atoms with van der Waals surface area (Å²) in [5.41, 5.74) is -1.27. The number of methoxy groups -OCH3 is 1. The molecule has 184 valence electrons. The van der Waals surface area contributed by atoms with Gasteiger partial charge in [-0.05, 0) is 30.2 Å². The van der Waals surface area contributed by atoms with Gasteiger partial charge in [0.2, 0.25) is 5.91 Å². The fourth-order valence-electron chi connectivity index (χ4n) is 5.93. The number of hydrogen-bond acceptors (Lipinski definition) is 7. The zero-order chi connectivity index (χ0) is 25.8. The number of nitriles is 1. The molecule has 2 aromatic carbocycles. The molecule has 1 amide bonds. The van der Waals surface area contributed by atoms with Gasteiger partial charge in [0, 0.05) is 20.0 Å². The molecule has 2 N–H and O–H groups in total. The summed E-state index contributed by atoms with van der Waals surface area (Å²) >= 11 is 0. The lowest BCUT2D eigenvalue weighted by Gasteiger charge is -2.40. The number of ether oxygens (including phenoxy) is 2. The quantitative estimate of drug-likeness (QED) is 0.584. The van der Waals surface area contributed by atoms with E-state index >= 15 is 0 Å². The van der Waals surface area contributed by atoms with Gasteiger partial charge < -0.3 is 24.6 Å².